The Morgan fingerprint density at radius 1 is 1.30 bits per heavy atom. The first-order valence-corrected chi connectivity index (χ1v) is 8.79. The van der Waals surface area contributed by atoms with E-state index in [1.165, 1.54) is 30.6 Å². The lowest BCUT2D eigenvalue weighted by molar-refractivity contribution is -0.134. The Balaban J connectivity index is 1.52. The molecule has 1 amide bonds. The minimum absolute atomic E-state index is 0.148. The zero-order valence-electron chi connectivity index (χ0n) is 11.5. The van der Waals surface area contributed by atoms with Crippen molar-refractivity contribution in [3.63, 3.8) is 0 Å². The van der Waals surface area contributed by atoms with Crippen LogP contribution in [0.2, 0.25) is 0 Å². The van der Waals surface area contributed by atoms with E-state index in [2.05, 4.69) is 27.7 Å². The van der Waals surface area contributed by atoms with Gasteiger partial charge in [0.25, 0.3) is 0 Å². The number of thiophene rings is 1. The average molecular weight is 288 g/mol. The summed E-state index contributed by atoms with van der Waals surface area (Å²) in [6.07, 6.45) is 7.55. The van der Waals surface area contributed by atoms with E-state index in [0.29, 0.717) is 11.9 Å². The fraction of sp³-hybridized carbons (Fsp3) is 0.688. The molecular formula is C16H20N2OS. The zero-order valence-corrected chi connectivity index (χ0v) is 12.4. The van der Waals surface area contributed by atoms with Crippen molar-refractivity contribution in [2.24, 2.45) is 11.8 Å². The van der Waals surface area contributed by atoms with Crippen LogP contribution in [0.25, 0.3) is 0 Å². The quantitative estimate of drug-likeness (QED) is 0.907. The van der Waals surface area contributed by atoms with E-state index in [1.54, 1.807) is 11.3 Å². The third-order valence-corrected chi connectivity index (χ3v) is 6.88. The molecule has 4 unspecified atom stereocenters. The summed E-state index contributed by atoms with van der Waals surface area (Å²) < 4.78 is 0. The molecule has 1 aromatic rings. The number of fused-ring (bicyclic) bond motifs is 2. The second-order valence-electron chi connectivity index (χ2n) is 7.10. The maximum Gasteiger partial charge on any atom is 0.244 e. The molecule has 5 rings (SSSR count). The minimum atomic E-state index is -0.184. The SMILES string of the molecule is O=C1N(C2CC3CCC2C3)C(c2cccs2)NC12CC2. The Morgan fingerprint density at radius 2 is 2.20 bits per heavy atom. The Morgan fingerprint density at radius 3 is 2.80 bits per heavy atom. The Hall–Kier alpha value is -0.870. The van der Waals surface area contributed by atoms with Crippen LogP contribution in [-0.2, 0) is 4.79 Å². The van der Waals surface area contributed by atoms with Crippen LogP contribution < -0.4 is 5.32 Å². The molecule has 1 aromatic heterocycles. The molecule has 1 saturated heterocycles. The molecule has 2 bridgehead atoms. The van der Waals surface area contributed by atoms with Crippen LogP contribution in [0, 0.1) is 11.8 Å². The van der Waals surface area contributed by atoms with E-state index in [0.717, 1.165) is 24.7 Å². The van der Waals surface area contributed by atoms with E-state index in [-0.39, 0.29) is 11.7 Å². The van der Waals surface area contributed by atoms with E-state index in [9.17, 15) is 4.79 Å². The fourth-order valence-electron chi connectivity index (χ4n) is 4.79. The van der Waals surface area contributed by atoms with Crippen LogP contribution in [0.5, 0.6) is 0 Å². The highest BCUT2D eigenvalue weighted by atomic mass is 32.1. The van der Waals surface area contributed by atoms with Gasteiger partial charge in [0, 0.05) is 10.9 Å². The van der Waals surface area contributed by atoms with Crippen LogP contribution in [-0.4, -0.2) is 22.4 Å². The molecule has 20 heavy (non-hydrogen) atoms. The number of carbonyl (C=O) groups excluding carboxylic acids is 1. The number of hydrogen-bond donors (Lipinski definition) is 1. The van der Waals surface area contributed by atoms with Crippen LogP contribution in [0.15, 0.2) is 17.5 Å². The molecular weight excluding hydrogens is 268 g/mol. The second kappa shape index (κ2) is 3.86. The van der Waals surface area contributed by atoms with Gasteiger partial charge in [0.15, 0.2) is 0 Å². The molecule has 4 fully saturated rings. The molecule has 106 valence electrons. The fourth-order valence-corrected chi connectivity index (χ4v) is 5.56. The van der Waals surface area contributed by atoms with Crippen molar-refractivity contribution < 1.29 is 4.79 Å². The third kappa shape index (κ3) is 1.47. The van der Waals surface area contributed by atoms with Gasteiger partial charge in [-0.1, -0.05) is 12.5 Å². The molecule has 4 atom stereocenters. The standard InChI is InChI=1S/C16H20N2OS/c19-15-16(5-6-16)17-14(13-2-1-7-20-13)18(15)12-9-10-3-4-11(12)8-10/h1-2,7,10-12,14,17H,3-6,8-9H2. The van der Waals surface area contributed by atoms with Crippen LogP contribution in [0.4, 0.5) is 0 Å². The van der Waals surface area contributed by atoms with Gasteiger partial charge in [-0.25, -0.2) is 0 Å². The maximum atomic E-state index is 12.9. The molecule has 2 heterocycles. The Kier molecular flexibility index (Phi) is 2.27. The first-order chi connectivity index (χ1) is 9.77. The Bertz CT molecular complexity index is 551. The normalized spacial score (nSPS) is 41.0. The first-order valence-electron chi connectivity index (χ1n) is 7.91. The summed E-state index contributed by atoms with van der Waals surface area (Å²) >= 11 is 1.78. The highest BCUT2D eigenvalue weighted by Crippen LogP contribution is 2.53. The minimum Gasteiger partial charge on any atom is -0.317 e. The smallest absolute Gasteiger partial charge is 0.244 e. The summed E-state index contributed by atoms with van der Waals surface area (Å²) in [4.78, 5) is 16.5. The summed E-state index contributed by atoms with van der Waals surface area (Å²) in [5.74, 6) is 2.05. The summed E-state index contributed by atoms with van der Waals surface area (Å²) in [7, 11) is 0. The lowest BCUT2D eigenvalue weighted by Crippen LogP contribution is -2.43. The molecule has 4 aliphatic rings. The molecule has 0 radical (unpaired) electrons. The molecule has 3 saturated carbocycles. The largest absolute Gasteiger partial charge is 0.317 e. The summed E-state index contributed by atoms with van der Waals surface area (Å²) in [5, 5.41) is 5.79. The number of amides is 1. The van der Waals surface area contributed by atoms with Gasteiger partial charge >= 0.3 is 0 Å². The number of nitrogens with zero attached hydrogens (tertiary/aromatic N) is 1. The van der Waals surface area contributed by atoms with Crippen molar-refractivity contribution in [3.05, 3.63) is 22.4 Å². The predicted molar refractivity (Wildman–Crippen MR) is 78.2 cm³/mol. The van der Waals surface area contributed by atoms with Gasteiger partial charge in [-0.3, -0.25) is 10.1 Å². The lowest BCUT2D eigenvalue weighted by atomic mass is 9.93. The van der Waals surface area contributed by atoms with Crippen LogP contribution in [0.1, 0.15) is 49.6 Å². The predicted octanol–water partition coefficient (Wildman–Crippen LogP) is 2.90. The van der Waals surface area contributed by atoms with Gasteiger partial charge in [0.1, 0.15) is 11.7 Å². The van der Waals surface area contributed by atoms with E-state index >= 15 is 0 Å². The number of carbonyl (C=O) groups is 1. The molecule has 1 spiro atoms. The van der Waals surface area contributed by atoms with E-state index in [4.69, 9.17) is 0 Å². The van der Waals surface area contributed by atoms with E-state index < -0.39 is 0 Å². The maximum absolute atomic E-state index is 12.9. The average Bonchev–Trinajstić information content (AvgIpc) is 2.91. The molecule has 4 heteroatoms. The molecule has 3 nitrogen and oxygen atoms in total. The van der Waals surface area contributed by atoms with Crippen molar-refractivity contribution >= 4 is 17.2 Å². The van der Waals surface area contributed by atoms with Crippen LogP contribution in [0.3, 0.4) is 0 Å². The van der Waals surface area contributed by atoms with Gasteiger partial charge in [-0.05, 0) is 55.4 Å². The monoisotopic (exact) mass is 288 g/mol. The first kappa shape index (κ1) is 11.8. The summed E-state index contributed by atoms with van der Waals surface area (Å²) in [6, 6.07) is 4.78. The lowest BCUT2D eigenvalue weighted by Gasteiger charge is -2.35. The molecule has 1 N–H and O–H groups in total. The van der Waals surface area contributed by atoms with Crippen molar-refractivity contribution in [2.75, 3.05) is 0 Å². The summed E-state index contributed by atoms with van der Waals surface area (Å²) in [5.41, 5.74) is -0.184. The third-order valence-electron chi connectivity index (χ3n) is 5.96. The van der Waals surface area contributed by atoms with Gasteiger partial charge in [-0.2, -0.15) is 0 Å². The van der Waals surface area contributed by atoms with E-state index in [1.807, 2.05) is 0 Å². The van der Waals surface area contributed by atoms with Gasteiger partial charge in [0.05, 0.1) is 0 Å². The highest BCUT2D eigenvalue weighted by Gasteiger charge is 2.62. The number of rotatable bonds is 2. The molecule has 3 aliphatic carbocycles. The van der Waals surface area contributed by atoms with Crippen molar-refractivity contribution in [1.29, 1.82) is 0 Å². The van der Waals surface area contributed by atoms with Crippen molar-refractivity contribution in [2.45, 2.75) is 56.3 Å². The summed E-state index contributed by atoms with van der Waals surface area (Å²) in [6.45, 7) is 0. The van der Waals surface area contributed by atoms with Gasteiger partial charge in [0.2, 0.25) is 5.91 Å². The number of hydrogen-bond acceptors (Lipinski definition) is 3. The molecule has 1 aliphatic heterocycles. The second-order valence-corrected chi connectivity index (χ2v) is 8.08. The van der Waals surface area contributed by atoms with Crippen molar-refractivity contribution in [3.8, 4) is 0 Å². The molecule has 0 aromatic carbocycles. The zero-order chi connectivity index (χ0) is 13.3. The van der Waals surface area contributed by atoms with Gasteiger partial charge in [-0.15, -0.1) is 11.3 Å². The highest BCUT2D eigenvalue weighted by molar-refractivity contribution is 7.10. The van der Waals surface area contributed by atoms with Gasteiger partial charge < -0.3 is 4.90 Å². The van der Waals surface area contributed by atoms with Crippen molar-refractivity contribution in [1.82, 2.24) is 10.2 Å². The van der Waals surface area contributed by atoms with Crippen LogP contribution >= 0.6 is 11.3 Å². The Labute approximate surface area is 123 Å². The number of nitrogens with one attached hydrogen (secondary N) is 1. The topological polar surface area (TPSA) is 32.3 Å².